The summed E-state index contributed by atoms with van der Waals surface area (Å²) in [6.07, 6.45) is 1.68. The highest BCUT2D eigenvalue weighted by molar-refractivity contribution is 7.90. The van der Waals surface area contributed by atoms with E-state index in [4.69, 9.17) is 0 Å². The molecule has 1 saturated heterocycles. The fraction of sp³-hybridized carbons (Fsp3) is 0.938. The van der Waals surface area contributed by atoms with Gasteiger partial charge in [-0.25, -0.2) is 8.42 Å². The van der Waals surface area contributed by atoms with Crippen molar-refractivity contribution in [1.82, 2.24) is 19.8 Å². The summed E-state index contributed by atoms with van der Waals surface area (Å²) >= 11 is 0. The maximum atomic E-state index is 12.6. The Morgan fingerprint density at radius 2 is 1.81 bits per heavy atom. The number of rotatable bonds is 9. The van der Waals surface area contributed by atoms with Crippen molar-refractivity contribution in [3.8, 4) is 0 Å². The molecule has 7 nitrogen and oxygen atoms in total. The highest BCUT2D eigenvalue weighted by Gasteiger charge is 2.50. The first-order valence-electron chi connectivity index (χ1n) is 9.49. The predicted molar refractivity (Wildman–Crippen MR) is 101 cm³/mol. The van der Waals surface area contributed by atoms with Crippen LogP contribution >= 0.6 is 0 Å². The zero-order valence-corrected chi connectivity index (χ0v) is 17.2. The van der Waals surface area contributed by atoms with Crippen LogP contribution in [0.2, 0.25) is 0 Å². The summed E-state index contributed by atoms with van der Waals surface area (Å²) in [6.45, 7) is 9.95. The number of hydrogen-bond acceptors (Lipinski definition) is 4. The predicted octanol–water partition coefficient (Wildman–Crippen LogP) is 1.59. The van der Waals surface area contributed by atoms with Crippen molar-refractivity contribution in [1.29, 1.82) is 0 Å². The highest BCUT2D eigenvalue weighted by Crippen LogP contribution is 2.28. The molecule has 1 fully saturated rings. The number of nitrogens with one attached hydrogen (secondary N) is 2. The Morgan fingerprint density at radius 1 is 1.19 bits per heavy atom. The quantitative estimate of drug-likeness (QED) is 0.442. The van der Waals surface area contributed by atoms with Crippen LogP contribution in [0.25, 0.3) is 0 Å². The molecule has 0 atom stereocenters. The Balaban J connectivity index is 2.56. The van der Waals surface area contributed by atoms with Crippen LogP contribution in [0.4, 0.5) is 13.2 Å². The Bertz CT molecular complexity index is 561. The lowest BCUT2D eigenvalue weighted by atomic mass is 10.1. The second-order valence-electron chi connectivity index (χ2n) is 6.46. The average molecular weight is 416 g/mol. The van der Waals surface area contributed by atoms with Crippen LogP contribution in [0.1, 0.15) is 40.0 Å². The minimum Gasteiger partial charge on any atom is -0.357 e. The monoisotopic (exact) mass is 415 g/mol. The topological polar surface area (TPSA) is 77.0 Å². The van der Waals surface area contributed by atoms with Gasteiger partial charge < -0.3 is 15.5 Å². The summed E-state index contributed by atoms with van der Waals surface area (Å²) in [4.78, 5) is 6.82. The molecule has 11 heteroatoms. The summed E-state index contributed by atoms with van der Waals surface area (Å²) in [5.41, 5.74) is -5.24. The third-order valence-corrected chi connectivity index (χ3v) is 6.07. The van der Waals surface area contributed by atoms with E-state index in [2.05, 4.69) is 34.4 Å². The molecule has 0 amide bonds. The molecule has 0 unspecified atom stereocenters. The van der Waals surface area contributed by atoms with E-state index < -0.39 is 15.5 Å². The van der Waals surface area contributed by atoms with Gasteiger partial charge in [-0.05, 0) is 39.3 Å². The van der Waals surface area contributed by atoms with Gasteiger partial charge in [0.1, 0.15) is 0 Å². The maximum absolute atomic E-state index is 12.6. The Labute approximate surface area is 160 Å². The van der Waals surface area contributed by atoms with Crippen LogP contribution in [0.15, 0.2) is 4.99 Å². The minimum atomic E-state index is -5.24. The molecule has 2 N–H and O–H groups in total. The van der Waals surface area contributed by atoms with E-state index in [0.29, 0.717) is 36.2 Å². The van der Waals surface area contributed by atoms with E-state index in [0.717, 1.165) is 26.1 Å². The third kappa shape index (κ3) is 7.46. The molecular weight excluding hydrogens is 383 g/mol. The molecule has 0 spiro atoms. The number of nitrogens with zero attached hydrogens (tertiary/aromatic N) is 3. The molecule has 0 bridgehead atoms. The smallest absolute Gasteiger partial charge is 0.357 e. The highest BCUT2D eigenvalue weighted by atomic mass is 32.2. The van der Waals surface area contributed by atoms with Crippen molar-refractivity contribution < 1.29 is 21.6 Å². The number of sulfonamides is 1. The zero-order chi connectivity index (χ0) is 20.5. The van der Waals surface area contributed by atoms with Crippen molar-refractivity contribution >= 4 is 16.0 Å². The van der Waals surface area contributed by atoms with Crippen LogP contribution in [0.3, 0.4) is 0 Å². The zero-order valence-electron chi connectivity index (χ0n) is 16.3. The normalized spacial score (nSPS) is 18.1. The van der Waals surface area contributed by atoms with E-state index in [1.807, 2.05) is 6.92 Å². The van der Waals surface area contributed by atoms with Gasteiger partial charge in [0.25, 0.3) is 0 Å². The van der Waals surface area contributed by atoms with Gasteiger partial charge in [0.15, 0.2) is 5.96 Å². The summed E-state index contributed by atoms with van der Waals surface area (Å²) in [5, 5.41) is 6.34. The van der Waals surface area contributed by atoms with Crippen molar-refractivity contribution in [2.24, 2.45) is 4.99 Å². The van der Waals surface area contributed by atoms with E-state index in [1.165, 1.54) is 0 Å². The molecule has 1 rings (SSSR count). The third-order valence-electron chi connectivity index (χ3n) is 4.44. The summed E-state index contributed by atoms with van der Waals surface area (Å²) in [5.74, 6) is 0.613. The van der Waals surface area contributed by atoms with Gasteiger partial charge >= 0.3 is 15.5 Å². The van der Waals surface area contributed by atoms with Crippen molar-refractivity contribution in [3.05, 3.63) is 0 Å². The van der Waals surface area contributed by atoms with E-state index in [-0.39, 0.29) is 19.1 Å². The summed E-state index contributed by atoms with van der Waals surface area (Å²) in [7, 11) is -5.24. The average Bonchev–Trinajstić information content (AvgIpc) is 2.60. The van der Waals surface area contributed by atoms with Gasteiger partial charge in [0.05, 0.1) is 6.54 Å². The molecular formula is C16H32F3N5O2S. The Kier molecular flexibility index (Phi) is 9.82. The van der Waals surface area contributed by atoms with Crippen molar-refractivity contribution in [2.75, 3.05) is 45.8 Å². The van der Waals surface area contributed by atoms with Crippen LogP contribution in [0, 0.1) is 0 Å². The molecule has 0 aromatic rings. The van der Waals surface area contributed by atoms with E-state index >= 15 is 0 Å². The van der Waals surface area contributed by atoms with Crippen LogP contribution in [0.5, 0.6) is 0 Å². The molecule has 1 heterocycles. The number of alkyl halides is 3. The first-order chi connectivity index (χ1) is 12.7. The molecule has 27 heavy (non-hydrogen) atoms. The van der Waals surface area contributed by atoms with Gasteiger partial charge in [-0.1, -0.05) is 13.8 Å². The number of aliphatic imine (C=N–C) groups is 1. The fourth-order valence-electron chi connectivity index (χ4n) is 2.95. The molecule has 1 aliphatic heterocycles. The summed E-state index contributed by atoms with van der Waals surface area (Å²) < 4.78 is 61.4. The number of guanidine groups is 1. The molecule has 0 aromatic carbocycles. The van der Waals surface area contributed by atoms with E-state index in [9.17, 15) is 21.6 Å². The minimum absolute atomic E-state index is 0.111. The number of piperidine rings is 1. The fourth-order valence-corrected chi connectivity index (χ4v) is 3.93. The molecule has 1 aliphatic rings. The van der Waals surface area contributed by atoms with Gasteiger partial charge in [-0.15, -0.1) is 0 Å². The lowest BCUT2D eigenvalue weighted by Crippen LogP contribution is -2.51. The molecule has 0 aliphatic carbocycles. The molecule has 0 saturated carbocycles. The number of likely N-dealkylation sites (N-methyl/N-ethyl adjacent to an activating group) is 1. The molecule has 160 valence electrons. The molecule has 0 aromatic heterocycles. The first-order valence-corrected chi connectivity index (χ1v) is 10.9. The van der Waals surface area contributed by atoms with Gasteiger partial charge in [0, 0.05) is 32.2 Å². The second-order valence-corrected chi connectivity index (χ2v) is 8.39. The van der Waals surface area contributed by atoms with E-state index in [1.54, 1.807) is 0 Å². The van der Waals surface area contributed by atoms with Crippen LogP contribution in [-0.4, -0.2) is 80.9 Å². The standard InChI is InChI=1S/C16H32F3N5O2S/c1-4-10-23(6-3)13-9-21-15(20-5-2)22-14-7-11-24(12-8-14)27(25,26)16(17,18)19/h14H,4-13H2,1-3H3,(H2,20,21,22). The number of halogens is 3. The summed E-state index contributed by atoms with van der Waals surface area (Å²) in [6, 6.07) is -0.111. The van der Waals surface area contributed by atoms with Gasteiger partial charge in [-0.2, -0.15) is 17.5 Å². The van der Waals surface area contributed by atoms with Crippen LogP contribution in [-0.2, 0) is 10.0 Å². The largest absolute Gasteiger partial charge is 0.511 e. The molecule has 0 radical (unpaired) electrons. The van der Waals surface area contributed by atoms with Crippen molar-refractivity contribution in [3.63, 3.8) is 0 Å². The van der Waals surface area contributed by atoms with Crippen LogP contribution < -0.4 is 10.6 Å². The lowest BCUT2D eigenvalue weighted by Gasteiger charge is -2.32. The lowest BCUT2D eigenvalue weighted by molar-refractivity contribution is -0.0494. The van der Waals surface area contributed by atoms with Gasteiger partial charge in [0.2, 0.25) is 0 Å². The Hall–Kier alpha value is -1.07. The first kappa shape index (κ1) is 24.0. The second kappa shape index (κ2) is 11.1. The SMILES string of the molecule is CCCN(CC)CCN=C(NCC)NC1CCN(S(=O)(=O)C(F)(F)F)CC1. The van der Waals surface area contributed by atoms with Crippen molar-refractivity contribution in [2.45, 2.75) is 51.6 Å². The maximum Gasteiger partial charge on any atom is 0.511 e. The van der Waals surface area contributed by atoms with Gasteiger partial charge in [-0.3, -0.25) is 4.99 Å². The Morgan fingerprint density at radius 3 is 2.30 bits per heavy atom. The number of hydrogen-bond donors (Lipinski definition) is 2.